The predicted molar refractivity (Wildman–Crippen MR) is 96.0 cm³/mol. The van der Waals surface area contributed by atoms with Gasteiger partial charge in [0.1, 0.15) is 0 Å². The van der Waals surface area contributed by atoms with E-state index in [1.165, 1.54) is 28.9 Å². The van der Waals surface area contributed by atoms with Crippen LogP contribution in [0.15, 0.2) is 53.3 Å². The monoisotopic (exact) mass is 351 g/mol. The van der Waals surface area contributed by atoms with Crippen molar-refractivity contribution in [3.05, 3.63) is 69.0 Å². The number of phenolic OH excluding ortho intramolecular Hbond substituents is 1. The second-order valence-corrected chi connectivity index (χ2v) is 6.36. The van der Waals surface area contributed by atoms with E-state index in [1.54, 1.807) is 18.2 Å². The van der Waals surface area contributed by atoms with Crippen LogP contribution in [-0.4, -0.2) is 26.8 Å². The van der Waals surface area contributed by atoms with Crippen LogP contribution in [-0.2, 0) is 0 Å². The maximum atomic E-state index is 12.8. The van der Waals surface area contributed by atoms with E-state index in [2.05, 4.69) is 10.2 Å². The van der Waals surface area contributed by atoms with Crippen molar-refractivity contribution in [2.75, 3.05) is 7.11 Å². The van der Waals surface area contributed by atoms with E-state index < -0.39 is 0 Å². The lowest BCUT2D eigenvalue weighted by atomic mass is 10.2. The molecule has 2 aromatic carbocycles. The Labute approximate surface area is 146 Å². The van der Waals surface area contributed by atoms with Crippen LogP contribution in [0.25, 0.3) is 22.4 Å². The Kier molecular flexibility index (Phi) is 3.70. The summed E-state index contributed by atoms with van der Waals surface area (Å²) in [5.74, 6) is 0.938. The van der Waals surface area contributed by atoms with Gasteiger partial charge in [-0.3, -0.25) is 4.79 Å². The zero-order chi connectivity index (χ0) is 17.4. The van der Waals surface area contributed by atoms with Crippen LogP contribution >= 0.6 is 11.3 Å². The Morgan fingerprint density at radius 3 is 2.72 bits per heavy atom. The zero-order valence-corrected chi connectivity index (χ0v) is 14.0. The molecule has 4 aromatic rings. The number of benzene rings is 2. The lowest BCUT2D eigenvalue weighted by Gasteiger charge is -2.03. The van der Waals surface area contributed by atoms with Crippen molar-refractivity contribution in [1.82, 2.24) is 14.6 Å². The molecule has 0 fully saturated rings. The molecule has 4 rings (SSSR count). The molecule has 0 saturated carbocycles. The smallest absolute Gasteiger partial charge is 0.276 e. The summed E-state index contributed by atoms with van der Waals surface area (Å²) in [7, 11) is 1.48. The van der Waals surface area contributed by atoms with Gasteiger partial charge in [-0.15, -0.1) is 10.2 Å². The average molecular weight is 351 g/mol. The molecule has 2 aromatic heterocycles. The highest BCUT2D eigenvalue weighted by molar-refractivity contribution is 7.15. The topological polar surface area (TPSA) is 76.7 Å². The first kappa shape index (κ1) is 15.3. The third-order valence-electron chi connectivity index (χ3n) is 3.78. The highest BCUT2D eigenvalue weighted by Crippen LogP contribution is 2.26. The summed E-state index contributed by atoms with van der Waals surface area (Å²) in [4.78, 5) is 13.3. The molecule has 2 heterocycles. The van der Waals surface area contributed by atoms with Gasteiger partial charge in [-0.05, 0) is 23.8 Å². The molecule has 0 aliphatic rings. The fourth-order valence-corrected chi connectivity index (χ4v) is 3.48. The molecular weight excluding hydrogens is 338 g/mol. The number of rotatable bonds is 3. The summed E-state index contributed by atoms with van der Waals surface area (Å²) in [6.07, 6.45) is 1.75. The summed E-state index contributed by atoms with van der Waals surface area (Å²) < 4.78 is 7.16. The van der Waals surface area contributed by atoms with E-state index in [0.29, 0.717) is 21.1 Å². The molecule has 7 heteroatoms. The van der Waals surface area contributed by atoms with Gasteiger partial charge in [0.05, 0.1) is 11.6 Å². The Morgan fingerprint density at radius 2 is 1.96 bits per heavy atom. The molecule has 0 amide bonds. The minimum atomic E-state index is -0.170. The molecule has 0 atom stereocenters. The molecule has 0 aliphatic carbocycles. The third kappa shape index (κ3) is 2.64. The number of thiazole rings is 1. The van der Waals surface area contributed by atoms with Crippen molar-refractivity contribution < 1.29 is 9.84 Å². The van der Waals surface area contributed by atoms with E-state index in [-0.39, 0.29) is 11.3 Å². The predicted octanol–water partition coefficient (Wildman–Crippen LogP) is 2.08. The van der Waals surface area contributed by atoms with E-state index in [4.69, 9.17) is 4.74 Å². The quantitative estimate of drug-likeness (QED) is 0.611. The lowest BCUT2D eigenvalue weighted by Crippen LogP contribution is -2.23. The molecule has 124 valence electrons. The van der Waals surface area contributed by atoms with Crippen molar-refractivity contribution >= 4 is 22.4 Å². The number of aromatic hydroxyl groups is 1. The maximum absolute atomic E-state index is 12.8. The van der Waals surface area contributed by atoms with Crippen LogP contribution in [0.3, 0.4) is 0 Å². The molecule has 0 unspecified atom stereocenters. The number of methoxy groups -OCH3 is 1. The van der Waals surface area contributed by atoms with Crippen molar-refractivity contribution in [2.24, 2.45) is 0 Å². The van der Waals surface area contributed by atoms with Gasteiger partial charge in [0.15, 0.2) is 17.3 Å². The summed E-state index contributed by atoms with van der Waals surface area (Å²) in [6, 6.07) is 14.4. The molecule has 0 bridgehead atoms. The molecule has 6 nitrogen and oxygen atoms in total. The van der Waals surface area contributed by atoms with Gasteiger partial charge in [-0.1, -0.05) is 47.7 Å². The highest BCUT2D eigenvalue weighted by Gasteiger charge is 2.13. The van der Waals surface area contributed by atoms with Crippen LogP contribution in [0.2, 0.25) is 0 Å². The number of aromatic nitrogens is 3. The van der Waals surface area contributed by atoms with Crippen LogP contribution in [0.5, 0.6) is 11.5 Å². The summed E-state index contributed by atoms with van der Waals surface area (Å²) in [5, 5.41) is 17.9. The maximum Gasteiger partial charge on any atom is 0.276 e. The largest absolute Gasteiger partial charge is 0.504 e. The number of nitrogens with zero attached hydrogens (tertiary/aromatic N) is 3. The first-order valence-electron chi connectivity index (χ1n) is 7.49. The number of phenols is 1. The SMILES string of the molecule is COc1cc(/C=c2\sc3nnc(-c4ccccc4)n3c2=O)ccc1O. The minimum absolute atomic E-state index is 0.0542. The molecule has 25 heavy (non-hydrogen) atoms. The van der Waals surface area contributed by atoms with Gasteiger partial charge >= 0.3 is 0 Å². The fourth-order valence-electron chi connectivity index (χ4n) is 2.57. The van der Waals surface area contributed by atoms with Crippen molar-refractivity contribution in [3.63, 3.8) is 0 Å². The zero-order valence-electron chi connectivity index (χ0n) is 13.2. The Hall–Kier alpha value is -3.19. The van der Waals surface area contributed by atoms with Gasteiger partial charge in [-0.2, -0.15) is 0 Å². The van der Waals surface area contributed by atoms with E-state index in [1.807, 2.05) is 30.3 Å². The van der Waals surface area contributed by atoms with Crippen molar-refractivity contribution in [1.29, 1.82) is 0 Å². The van der Waals surface area contributed by atoms with Crippen LogP contribution in [0, 0.1) is 0 Å². The summed E-state index contributed by atoms with van der Waals surface area (Å²) >= 11 is 1.27. The molecule has 0 spiro atoms. The fraction of sp³-hybridized carbons (Fsp3) is 0.0556. The Balaban J connectivity index is 1.89. The van der Waals surface area contributed by atoms with Gasteiger partial charge < -0.3 is 9.84 Å². The number of ether oxygens (including phenoxy) is 1. The van der Waals surface area contributed by atoms with Gasteiger partial charge in [0.25, 0.3) is 5.56 Å². The van der Waals surface area contributed by atoms with E-state index >= 15 is 0 Å². The second-order valence-electron chi connectivity index (χ2n) is 5.35. The number of fused-ring (bicyclic) bond motifs is 1. The standard InChI is InChI=1S/C18H13N3O3S/c1-24-14-9-11(7-8-13(14)22)10-15-17(23)21-16(19-20-18(21)25-15)12-5-3-2-4-6-12/h2-10,22H,1H3/b15-10-. The van der Waals surface area contributed by atoms with Gasteiger partial charge in [-0.25, -0.2) is 4.40 Å². The van der Waals surface area contributed by atoms with Gasteiger partial charge in [0.2, 0.25) is 4.96 Å². The Morgan fingerprint density at radius 1 is 1.16 bits per heavy atom. The summed E-state index contributed by atoms with van der Waals surface area (Å²) in [5.41, 5.74) is 1.42. The number of hydrogen-bond donors (Lipinski definition) is 1. The summed E-state index contributed by atoms with van der Waals surface area (Å²) in [6.45, 7) is 0. The highest BCUT2D eigenvalue weighted by atomic mass is 32.1. The van der Waals surface area contributed by atoms with E-state index in [9.17, 15) is 9.90 Å². The first-order chi connectivity index (χ1) is 12.2. The molecule has 0 radical (unpaired) electrons. The van der Waals surface area contributed by atoms with Crippen LogP contribution in [0.4, 0.5) is 0 Å². The normalized spacial score (nSPS) is 12.0. The van der Waals surface area contributed by atoms with Crippen molar-refractivity contribution in [2.45, 2.75) is 0 Å². The molecular formula is C18H13N3O3S. The molecule has 1 N–H and O–H groups in total. The van der Waals surface area contributed by atoms with Gasteiger partial charge in [0, 0.05) is 5.56 Å². The van der Waals surface area contributed by atoms with E-state index in [0.717, 1.165) is 11.1 Å². The van der Waals surface area contributed by atoms with Crippen LogP contribution in [0.1, 0.15) is 5.56 Å². The minimum Gasteiger partial charge on any atom is -0.504 e. The molecule has 0 saturated heterocycles. The number of hydrogen-bond acceptors (Lipinski definition) is 6. The first-order valence-corrected chi connectivity index (χ1v) is 8.31. The van der Waals surface area contributed by atoms with Crippen LogP contribution < -0.4 is 14.8 Å². The molecule has 0 aliphatic heterocycles. The average Bonchev–Trinajstić information content (AvgIpc) is 3.18. The van der Waals surface area contributed by atoms with Crippen molar-refractivity contribution in [3.8, 4) is 22.9 Å². The third-order valence-corrected chi connectivity index (χ3v) is 4.74. The Bertz CT molecular complexity index is 1170. The lowest BCUT2D eigenvalue weighted by molar-refractivity contribution is 0.373. The second kappa shape index (κ2) is 6.03.